The molecule has 10 heavy (non-hydrogen) atoms. The van der Waals surface area contributed by atoms with E-state index >= 15 is 0 Å². The summed E-state index contributed by atoms with van der Waals surface area (Å²) in [6.45, 7) is 3.77. The van der Waals surface area contributed by atoms with Crippen LogP contribution in [0.25, 0.3) is 0 Å². The maximum Gasteiger partial charge on any atom is 0.0628 e. The minimum absolute atomic E-state index is 0.990. The van der Waals surface area contributed by atoms with Gasteiger partial charge in [-0.3, -0.25) is 0 Å². The van der Waals surface area contributed by atoms with Crippen molar-refractivity contribution in [1.29, 1.82) is 0 Å². The number of hydrogen-bond donors (Lipinski definition) is 0. The fraction of sp³-hybridized carbons (Fsp3) is 0. The molecular weight excluding hydrogens is 120 g/mol. The highest BCUT2D eigenvalue weighted by Crippen LogP contribution is 2.04. The molecule has 1 aromatic carbocycles. The molecule has 0 saturated heterocycles. The monoisotopic (exact) mass is 128 g/mol. The summed E-state index contributed by atoms with van der Waals surface area (Å²) in [5.74, 6) is 2.46. The van der Waals surface area contributed by atoms with Crippen molar-refractivity contribution in [3.05, 3.63) is 48.7 Å². The van der Waals surface area contributed by atoms with Gasteiger partial charge in [-0.1, -0.05) is 30.2 Å². The van der Waals surface area contributed by atoms with Crippen molar-refractivity contribution < 1.29 is 0 Å². The van der Waals surface area contributed by atoms with Crippen LogP contribution in [0.3, 0.4) is 0 Å². The molecule has 0 amide bonds. The van der Waals surface area contributed by atoms with E-state index in [0.29, 0.717) is 0 Å². The normalized spacial score (nSPS) is 8.80. The number of rotatable bonds is 1. The van der Waals surface area contributed by atoms with Gasteiger partial charge in [-0.25, -0.2) is 0 Å². The Hall–Kier alpha value is -1.22. The van der Waals surface area contributed by atoms with Crippen LogP contribution >= 0.6 is 0 Å². The standard InChI is InChI=1S/C10H8/c1-3-5-10-7-4-6-9(2)8-10/h1,4-8H,2H2. The maximum absolute atomic E-state index is 5.08. The molecule has 0 bridgehead atoms. The molecule has 0 atom stereocenters. The van der Waals surface area contributed by atoms with E-state index in [1.54, 1.807) is 6.42 Å². The van der Waals surface area contributed by atoms with Gasteiger partial charge in [0.25, 0.3) is 0 Å². The van der Waals surface area contributed by atoms with Crippen molar-refractivity contribution >= 4 is 0 Å². The van der Waals surface area contributed by atoms with Crippen LogP contribution in [0.4, 0.5) is 0 Å². The van der Waals surface area contributed by atoms with Crippen LogP contribution < -0.4 is 0 Å². The molecule has 0 nitrogen and oxygen atoms in total. The van der Waals surface area contributed by atoms with Crippen molar-refractivity contribution in [1.82, 2.24) is 0 Å². The van der Waals surface area contributed by atoms with Gasteiger partial charge >= 0.3 is 0 Å². The lowest BCUT2D eigenvalue weighted by molar-refractivity contribution is 1.51. The molecule has 0 fully saturated rings. The van der Waals surface area contributed by atoms with Crippen molar-refractivity contribution in [2.45, 2.75) is 0 Å². The Morgan fingerprint density at radius 1 is 1.50 bits per heavy atom. The van der Waals surface area contributed by atoms with Gasteiger partial charge in [0.15, 0.2) is 0 Å². The fourth-order valence-corrected chi connectivity index (χ4v) is 0.779. The van der Waals surface area contributed by atoms with Crippen molar-refractivity contribution in [3.8, 4) is 12.3 Å². The summed E-state index contributed by atoms with van der Waals surface area (Å²) in [5.41, 5.74) is 2.03. The average molecular weight is 128 g/mol. The van der Waals surface area contributed by atoms with Gasteiger partial charge in [0.1, 0.15) is 0 Å². The van der Waals surface area contributed by atoms with Gasteiger partial charge in [0.05, 0.1) is 6.42 Å². The van der Waals surface area contributed by atoms with E-state index in [2.05, 4.69) is 12.8 Å². The maximum atomic E-state index is 5.08. The van der Waals surface area contributed by atoms with E-state index in [1.807, 2.05) is 24.3 Å². The van der Waals surface area contributed by atoms with Crippen LogP contribution in [-0.2, 0) is 0 Å². The summed E-state index contributed by atoms with van der Waals surface area (Å²) in [7, 11) is 0. The summed E-state index contributed by atoms with van der Waals surface area (Å²) in [5, 5.41) is 0. The molecule has 0 aromatic heterocycles. The van der Waals surface area contributed by atoms with Crippen LogP contribution in [0, 0.1) is 25.7 Å². The predicted molar refractivity (Wildman–Crippen MR) is 43.1 cm³/mol. The molecule has 0 heteroatoms. The SMILES string of the molecule is C#C[CH]c1cccc([CH2])c1. The van der Waals surface area contributed by atoms with Crippen molar-refractivity contribution in [2.24, 2.45) is 0 Å². The highest BCUT2D eigenvalue weighted by Gasteiger charge is 1.88. The Labute approximate surface area is 61.9 Å². The second-order valence-corrected chi connectivity index (χ2v) is 2.06. The first kappa shape index (κ1) is 6.89. The second-order valence-electron chi connectivity index (χ2n) is 2.06. The molecule has 0 N–H and O–H groups in total. The lowest BCUT2D eigenvalue weighted by Gasteiger charge is -1.94. The quantitative estimate of drug-likeness (QED) is 0.508. The third kappa shape index (κ3) is 1.63. The Balaban J connectivity index is 2.87. The molecule has 0 aliphatic carbocycles. The summed E-state index contributed by atoms with van der Waals surface area (Å²) >= 11 is 0. The number of terminal acetylenes is 1. The van der Waals surface area contributed by atoms with E-state index in [-0.39, 0.29) is 0 Å². The van der Waals surface area contributed by atoms with Crippen molar-refractivity contribution in [2.75, 3.05) is 0 Å². The lowest BCUT2D eigenvalue weighted by Crippen LogP contribution is -1.78. The van der Waals surface area contributed by atoms with Crippen LogP contribution in [0.15, 0.2) is 24.3 Å². The van der Waals surface area contributed by atoms with Crippen LogP contribution in [0.5, 0.6) is 0 Å². The molecule has 0 unspecified atom stereocenters. The number of benzene rings is 1. The third-order valence-corrected chi connectivity index (χ3v) is 1.20. The second kappa shape index (κ2) is 3.08. The molecule has 0 spiro atoms. The van der Waals surface area contributed by atoms with Gasteiger partial charge in [0, 0.05) is 0 Å². The van der Waals surface area contributed by atoms with Crippen LogP contribution in [0.1, 0.15) is 11.1 Å². The summed E-state index contributed by atoms with van der Waals surface area (Å²) in [4.78, 5) is 0. The summed E-state index contributed by atoms with van der Waals surface area (Å²) in [6, 6.07) is 7.77. The van der Waals surface area contributed by atoms with Gasteiger partial charge in [-0.05, 0) is 18.1 Å². The fourth-order valence-electron chi connectivity index (χ4n) is 0.779. The lowest BCUT2D eigenvalue weighted by atomic mass is 10.1. The van der Waals surface area contributed by atoms with E-state index in [9.17, 15) is 0 Å². The largest absolute Gasteiger partial charge is 0.119 e. The summed E-state index contributed by atoms with van der Waals surface area (Å²) in [6.07, 6.45) is 6.80. The zero-order chi connectivity index (χ0) is 7.40. The summed E-state index contributed by atoms with van der Waals surface area (Å²) < 4.78 is 0. The Bertz CT molecular complexity index is 253. The molecule has 0 heterocycles. The first-order valence-corrected chi connectivity index (χ1v) is 3.04. The highest BCUT2D eigenvalue weighted by molar-refractivity contribution is 5.35. The van der Waals surface area contributed by atoms with Crippen LogP contribution in [0.2, 0.25) is 0 Å². The topological polar surface area (TPSA) is 0 Å². The van der Waals surface area contributed by atoms with Gasteiger partial charge in [-0.2, -0.15) is 0 Å². The van der Waals surface area contributed by atoms with E-state index in [4.69, 9.17) is 6.42 Å². The first-order chi connectivity index (χ1) is 4.83. The molecule has 0 aliphatic heterocycles. The highest BCUT2D eigenvalue weighted by atomic mass is 13.9. The Morgan fingerprint density at radius 3 is 2.90 bits per heavy atom. The van der Waals surface area contributed by atoms with Crippen LogP contribution in [-0.4, -0.2) is 0 Å². The average Bonchev–Trinajstić information content (AvgIpc) is 1.88. The van der Waals surface area contributed by atoms with E-state index in [1.165, 1.54) is 0 Å². The molecule has 1 aromatic rings. The zero-order valence-electron chi connectivity index (χ0n) is 5.67. The molecule has 1 rings (SSSR count). The molecule has 2 radical (unpaired) electrons. The molecular formula is C10H8. The van der Waals surface area contributed by atoms with Gasteiger partial charge in [0.2, 0.25) is 0 Å². The Morgan fingerprint density at radius 2 is 2.30 bits per heavy atom. The number of hydrogen-bond acceptors (Lipinski definition) is 0. The van der Waals surface area contributed by atoms with Gasteiger partial charge < -0.3 is 0 Å². The third-order valence-electron chi connectivity index (χ3n) is 1.20. The minimum Gasteiger partial charge on any atom is -0.119 e. The van der Waals surface area contributed by atoms with E-state index in [0.717, 1.165) is 11.1 Å². The predicted octanol–water partition coefficient (Wildman–Crippen LogP) is 2.05. The zero-order valence-corrected chi connectivity index (χ0v) is 5.67. The minimum atomic E-state index is 0.990. The Kier molecular flexibility index (Phi) is 2.12. The molecule has 48 valence electrons. The van der Waals surface area contributed by atoms with Gasteiger partial charge in [-0.15, -0.1) is 6.42 Å². The van der Waals surface area contributed by atoms with E-state index < -0.39 is 0 Å². The molecule has 0 aliphatic rings. The molecule has 0 saturated carbocycles. The smallest absolute Gasteiger partial charge is 0.0628 e. The first-order valence-electron chi connectivity index (χ1n) is 3.04. The van der Waals surface area contributed by atoms with Crippen molar-refractivity contribution in [3.63, 3.8) is 0 Å².